The van der Waals surface area contributed by atoms with E-state index in [9.17, 15) is 0 Å². The molecule has 1 aliphatic rings. The van der Waals surface area contributed by atoms with E-state index in [1.807, 2.05) is 0 Å². The summed E-state index contributed by atoms with van der Waals surface area (Å²) in [5, 5.41) is 3.28. The zero-order valence-electron chi connectivity index (χ0n) is 8.79. The standard InChI is InChI=1S/C12H15N3/c1-2-3-8-13-12-10-6-4-5-7-11(10)14-9-15-12/h1,9H,3-8H2,(H,13,14,15). The molecular formula is C12H15N3. The van der Waals surface area contributed by atoms with Gasteiger partial charge in [0.05, 0.1) is 0 Å². The van der Waals surface area contributed by atoms with Gasteiger partial charge in [-0.05, 0) is 25.7 Å². The van der Waals surface area contributed by atoms with Crippen molar-refractivity contribution in [2.45, 2.75) is 32.1 Å². The van der Waals surface area contributed by atoms with Gasteiger partial charge in [0.1, 0.15) is 12.1 Å². The smallest absolute Gasteiger partial charge is 0.132 e. The fourth-order valence-electron chi connectivity index (χ4n) is 1.93. The van der Waals surface area contributed by atoms with E-state index in [1.165, 1.54) is 24.1 Å². The van der Waals surface area contributed by atoms with Crippen molar-refractivity contribution in [2.75, 3.05) is 11.9 Å². The molecule has 0 unspecified atom stereocenters. The van der Waals surface area contributed by atoms with Crippen molar-refractivity contribution in [3.8, 4) is 12.3 Å². The summed E-state index contributed by atoms with van der Waals surface area (Å²) in [6.07, 6.45) is 12.2. The Balaban J connectivity index is 2.13. The normalized spacial score (nSPS) is 14.1. The highest BCUT2D eigenvalue weighted by Crippen LogP contribution is 2.24. The lowest BCUT2D eigenvalue weighted by Gasteiger charge is -2.17. The number of nitrogens with one attached hydrogen (secondary N) is 1. The summed E-state index contributed by atoms with van der Waals surface area (Å²) in [6.45, 7) is 0.792. The molecule has 0 radical (unpaired) electrons. The van der Waals surface area contributed by atoms with Crippen molar-refractivity contribution in [3.05, 3.63) is 17.6 Å². The van der Waals surface area contributed by atoms with Gasteiger partial charge in [0.15, 0.2) is 0 Å². The number of rotatable bonds is 3. The van der Waals surface area contributed by atoms with Crippen LogP contribution in [0, 0.1) is 12.3 Å². The maximum Gasteiger partial charge on any atom is 0.132 e. The molecule has 3 nitrogen and oxygen atoms in total. The van der Waals surface area contributed by atoms with E-state index in [1.54, 1.807) is 6.33 Å². The number of terminal acetylenes is 1. The van der Waals surface area contributed by atoms with Crippen LogP contribution in [0.15, 0.2) is 6.33 Å². The molecule has 78 valence electrons. The summed E-state index contributed by atoms with van der Waals surface area (Å²) in [5.41, 5.74) is 2.50. The minimum atomic E-state index is 0.735. The van der Waals surface area contributed by atoms with Gasteiger partial charge in [0.2, 0.25) is 0 Å². The molecule has 0 aromatic carbocycles. The Labute approximate surface area is 90.3 Å². The highest BCUT2D eigenvalue weighted by Gasteiger charge is 2.14. The molecule has 1 aromatic heterocycles. The zero-order valence-corrected chi connectivity index (χ0v) is 8.79. The predicted molar refractivity (Wildman–Crippen MR) is 60.6 cm³/mol. The minimum absolute atomic E-state index is 0.735. The number of anilines is 1. The maximum atomic E-state index is 5.21. The summed E-state index contributed by atoms with van der Waals surface area (Å²) in [7, 11) is 0. The molecule has 0 atom stereocenters. The van der Waals surface area contributed by atoms with Crippen molar-refractivity contribution in [1.82, 2.24) is 9.97 Å². The average Bonchev–Trinajstić information content (AvgIpc) is 2.30. The Morgan fingerprint density at radius 2 is 2.20 bits per heavy atom. The molecule has 15 heavy (non-hydrogen) atoms. The molecule has 0 saturated heterocycles. The second-order valence-corrected chi connectivity index (χ2v) is 3.74. The molecule has 0 amide bonds. The molecular weight excluding hydrogens is 186 g/mol. The van der Waals surface area contributed by atoms with E-state index >= 15 is 0 Å². The van der Waals surface area contributed by atoms with E-state index in [0.29, 0.717) is 0 Å². The lowest BCUT2D eigenvalue weighted by molar-refractivity contribution is 0.663. The van der Waals surface area contributed by atoms with Crippen LogP contribution in [0.3, 0.4) is 0 Å². The van der Waals surface area contributed by atoms with Crippen LogP contribution in [0.25, 0.3) is 0 Å². The second kappa shape index (κ2) is 4.79. The fourth-order valence-corrected chi connectivity index (χ4v) is 1.93. The third-order valence-electron chi connectivity index (χ3n) is 2.69. The summed E-state index contributed by atoms with van der Waals surface area (Å²) in [5.74, 6) is 3.59. The molecule has 3 heteroatoms. The van der Waals surface area contributed by atoms with E-state index < -0.39 is 0 Å². The molecule has 1 aromatic rings. The Kier molecular flexibility index (Phi) is 3.18. The third kappa shape index (κ3) is 2.27. The molecule has 1 N–H and O–H groups in total. The van der Waals surface area contributed by atoms with Gasteiger partial charge in [-0.1, -0.05) is 0 Å². The SMILES string of the molecule is C#CCCNc1ncnc2c1CCCC2. The molecule has 1 heterocycles. The summed E-state index contributed by atoms with van der Waals surface area (Å²) in [4.78, 5) is 8.59. The Hall–Kier alpha value is -1.56. The van der Waals surface area contributed by atoms with Gasteiger partial charge in [-0.15, -0.1) is 12.3 Å². The molecule has 0 spiro atoms. The van der Waals surface area contributed by atoms with Crippen LogP contribution in [-0.4, -0.2) is 16.5 Å². The highest BCUT2D eigenvalue weighted by molar-refractivity contribution is 5.46. The number of hydrogen-bond acceptors (Lipinski definition) is 3. The Morgan fingerprint density at radius 1 is 1.33 bits per heavy atom. The summed E-state index contributed by atoms with van der Waals surface area (Å²) < 4.78 is 0. The maximum absolute atomic E-state index is 5.21. The van der Waals surface area contributed by atoms with Crippen LogP contribution in [0.1, 0.15) is 30.5 Å². The van der Waals surface area contributed by atoms with Crippen LogP contribution in [-0.2, 0) is 12.8 Å². The van der Waals surface area contributed by atoms with Crippen molar-refractivity contribution in [3.63, 3.8) is 0 Å². The van der Waals surface area contributed by atoms with E-state index in [0.717, 1.165) is 31.6 Å². The highest BCUT2D eigenvalue weighted by atomic mass is 15.0. The van der Waals surface area contributed by atoms with Gasteiger partial charge in [-0.3, -0.25) is 0 Å². The largest absolute Gasteiger partial charge is 0.369 e. The van der Waals surface area contributed by atoms with Crippen LogP contribution >= 0.6 is 0 Å². The molecule has 0 saturated carbocycles. The zero-order chi connectivity index (χ0) is 10.5. The van der Waals surface area contributed by atoms with Crippen molar-refractivity contribution in [1.29, 1.82) is 0 Å². The van der Waals surface area contributed by atoms with Gasteiger partial charge >= 0.3 is 0 Å². The number of aryl methyl sites for hydroxylation is 1. The molecule has 2 rings (SSSR count). The lowest BCUT2D eigenvalue weighted by atomic mass is 9.96. The van der Waals surface area contributed by atoms with Crippen molar-refractivity contribution in [2.24, 2.45) is 0 Å². The van der Waals surface area contributed by atoms with Crippen LogP contribution in [0.5, 0.6) is 0 Å². The average molecular weight is 201 g/mol. The monoisotopic (exact) mass is 201 g/mol. The van der Waals surface area contributed by atoms with Crippen molar-refractivity contribution < 1.29 is 0 Å². The Morgan fingerprint density at radius 3 is 3.07 bits per heavy atom. The van der Waals surface area contributed by atoms with Crippen LogP contribution in [0.2, 0.25) is 0 Å². The van der Waals surface area contributed by atoms with Gasteiger partial charge in [-0.2, -0.15) is 0 Å². The number of hydrogen-bond donors (Lipinski definition) is 1. The van der Waals surface area contributed by atoms with Gasteiger partial charge in [-0.25, -0.2) is 9.97 Å². The molecule has 0 aliphatic heterocycles. The second-order valence-electron chi connectivity index (χ2n) is 3.74. The molecule has 0 bridgehead atoms. The fraction of sp³-hybridized carbons (Fsp3) is 0.500. The molecule has 0 fully saturated rings. The lowest BCUT2D eigenvalue weighted by Crippen LogP contribution is -2.12. The first-order chi connectivity index (χ1) is 7.42. The summed E-state index contributed by atoms with van der Waals surface area (Å²) >= 11 is 0. The van der Waals surface area contributed by atoms with Crippen molar-refractivity contribution >= 4 is 5.82 Å². The van der Waals surface area contributed by atoms with Crippen LogP contribution in [0.4, 0.5) is 5.82 Å². The van der Waals surface area contributed by atoms with Gasteiger partial charge in [0.25, 0.3) is 0 Å². The third-order valence-corrected chi connectivity index (χ3v) is 2.69. The minimum Gasteiger partial charge on any atom is -0.369 e. The first-order valence-corrected chi connectivity index (χ1v) is 5.42. The summed E-state index contributed by atoms with van der Waals surface area (Å²) in [6, 6.07) is 0. The Bertz CT molecular complexity index is 379. The van der Waals surface area contributed by atoms with Gasteiger partial charge < -0.3 is 5.32 Å². The predicted octanol–water partition coefficient (Wildman–Crippen LogP) is 1.79. The number of fused-ring (bicyclic) bond motifs is 1. The topological polar surface area (TPSA) is 37.8 Å². The number of nitrogens with zero attached hydrogens (tertiary/aromatic N) is 2. The first-order valence-electron chi connectivity index (χ1n) is 5.42. The van der Waals surface area contributed by atoms with Crippen LogP contribution < -0.4 is 5.32 Å². The van der Waals surface area contributed by atoms with Gasteiger partial charge in [0, 0.05) is 24.2 Å². The first kappa shape index (κ1) is 9.97. The van der Waals surface area contributed by atoms with E-state index in [-0.39, 0.29) is 0 Å². The quantitative estimate of drug-likeness (QED) is 0.598. The molecule has 1 aliphatic carbocycles. The number of aromatic nitrogens is 2. The van der Waals surface area contributed by atoms with E-state index in [4.69, 9.17) is 6.42 Å². The van der Waals surface area contributed by atoms with E-state index in [2.05, 4.69) is 21.2 Å².